The van der Waals surface area contributed by atoms with E-state index in [4.69, 9.17) is 21.4 Å². The van der Waals surface area contributed by atoms with Gasteiger partial charge in [0, 0.05) is 11.3 Å². The van der Waals surface area contributed by atoms with E-state index in [1.54, 1.807) is 36.4 Å². The van der Waals surface area contributed by atoms with E-state index in [0.29, 0.717) is 40.6 Å². The first-order chi connectivity index (χ1) is 16.3. The Bertz CT molecular complexity index is 1360. The summed E-state index contributed by atoms with van der Waals surface area (Å²) in [5.41, 5.74) is 4.87. The number of rotatable bonds is 6. The van der Waals surface area contributed by atoms with Crippen molar-refractivity contribution in [2.45, 2.75) is 27.2 Å². The highest BCUT2D eigenvalue weighted by atomic mass is 32.1. The zero-order chi connectivity index (χ0) is 24.2. The van der Waals surface area contributed by atoms with Gasteiger partial charge in [-0.3, -0.25) is 10.1 Å². The quantitative estimate of drug-likeness (QED) is 0.242. The molecule has 8 heteroatoms. The fourth-order valence-corrected chi connectivity index (χ4v) is 3.75. The number of hydrogen-bond acceptors (Lipinski definition) is 6. The van der Waals surface area contributed by atoms with Crippen molar-refractivity contribution in [3.8, 4) is 23.0 Å². The zero-order valence-electron chi connectivity index (χ0n) is 19.1. The molecule has 0 aliphatic heterocycles. The second kappa shape index (κ2) is 9.93. The predicted molar refractivity (Wildman–Crippen MR) is 136 cm³/mol. The second-order valence-corrected chi connectivity index (χ2v) is 8.37. The Hall–Kier alpha value is -3.91. The number of carbonyl (C=O) groups is 1. The Morgan fingerprint density at radius 2 is 1.88 bits per heavy atom. The number of hydrogen-bond donors (Lipinski definition) is 3. The van der Waals surface area contributed by atoms with Crippen molar-refractivity contribution < 1.29 is 19.1 Å². The maximum absolute atomic E-state index is 12.5. The molecule has 3 N–H and O–H groups in total. The highest BCUT2D eigenvalue weighted by Crippen LogP contribution is 2.34. The summed E-state index contributed by atoms with van der Waals surface area (Å²) >= 11 is 5.30. The number of aryl methyl sites for hydroxylation is 2. The van der Waals surface area contributed by atoms with Crippen LogP contribution < -0.4 is 15.4 Å². The molecule has 0 saturated heterocycles. The van der Waals surface area contributed by atoms with Crippen molar-refractivity contribution in [3.63, 3.8) is 0 Å². The predicted octanol–water partition coefficient (Wildman–Crippen LogP) is 5.73. The van der Waals surface area contributed by atoms with Crippen molar-refractivity contribution in [1.82, 2.24) is 10.3 Å². The van der Waals surface area contributed by atoms with E-state index in [1.165, 1.54) is 6.07 Å². The van der Waals surface area contributed by atoms with E-state index in [1.807, 2.05) is 32.9 Å². The number of phenolic OH excluding ortho intramolecular Hbond substituents is 1. The average molecular weight is 476 g/mol. The summed E-state index contributed by atoms with van der Waals surface area (Å²) < 4.78 is 11.5. The molecule has 1 aromatic heterocycles. The first-order valence-electron chi connectivity index (χ1n) is 10.9. The SMILES string of the molecule is CCCOc1ccc(C(=O)NC(=S)Nc2ccc(O)c(-c3nc4cc(C)cc(C)c4o3)c2)cc1. The minimum Gasteiger partial charge on any atom is -0.507 e. The molecule has 0 saturated carbocycles. The lowest BCUT2D eigenvalue weighted by Crippen LogP contribution is -2.34. The first-order valence-corrected chi connectivity index (χ1v) is 11.3. The van der Waals surface area contributed by atoms with Gasteiger partial charge in [0.15, 0.2) is 10.7 Å². The number of thiocarbonyl (C=S) groups is 1. The van der Waals surface area contributed by atoms with Crippen LogP contribution in [0.3, 0.4) is 0 Å². The molecule has 0 aliphatic carbocycles. The number of ether oxygens (including phenoxy) is 1. The average Bonchev–Trinajstić information content (AvgIpc) is 3.23. The summed E-state index contributed by atoms with van der Waals surface area (Å²) in [6.07, 6.45) is 0.910. The van der Waals surface area contributed by atoms with E-state index in [0.717, 1.165) is 23.1 Å². The summed E-state index contributed by atoms with van der Waals surface area (Å²) in [6, 6.07) is 15.6. The van der Waals surface area contributed by atoms with Gasteiger partial charge >= 0.3 is 0 Å². The van der Waals surface area contributed by atoms with Gasteiger partial charge in [-0.15, -0.1) is 0 Å². The van der Waals surface area contributed by atoms with Crippen molar-refractivity contribution in [2.24, 2.45) is 0 Å². The van der Waals surface area contributed by atoms with E-state index in [9.17, 15) is 9.90 Å². The lowest BCUT2D eigenvalue weighted by atomic mass is 10.1. The molecule has 4 rings (SSSR count). The summed E-state index contributed by atoms with van der Waals surface area (Å²) in [5.74, 6) is 0.681. The van der Waals surface area contributed by atoms with Gasteiger partial charge in [0.2, 0.25) is 5.89 Å². The molecule has 1 heterocycles. The Kier molecular flexibility index (Phi) is 6.79. The van der Waals surface area contributed by atoms with Crippen LogP contribution in [0.2, 0.25) is 0 Å². The number of nitrogens with zero attached hydrogens (tertiary/aromatic N) is 1. The second-order valence-electron chi connectivity index (χ2n) is 7.96. The van der Waals surface area contributed by atoms with E-state index >= 15 is 0 Å². The summed E-state index contributed by atoms with van der Waals surface area (Å²) in [5, 5.41) is 16.1. The Labute approximate surface area is 202 Å². The minimum absolute atomic E-state index is 0.0202. The number of oxazole rings is 1. The molecule has 0 spiro atoms. The fourth-order valence-electron chi connectivity index (χ4n) is 3.54. The molecular weight excluding hydrogens is 450 g/mol. The lowest BCUT2D eigenvalue weighted by Gasteiger charge is -2.11. The smallest absolute Gasteiger partial charge is 0.257 e. The Balaban J connectivity index is 1.47. The highest BCUT2D eigenvalue weighted by Gasteiger charge is 2.16. The number of amides is 1. The maximum atomic E-state index is 12.5. The van der Waals surface area contributed by atoms with E-state index in [2.05, 4.69) is 15.6 Å². The Morgan fingerprint density at radius 3 is 2.62 bits per heavy atom. The third-order valence-electron chi connectivity index (χ3n) is 5.12. The molecular formula is C26H25N3O4S. The molecule has 3 aromatic carbocycles. The van der Waals surface area contributed by atoms with E-state index < -0.39 is 0 Å². The largest absolute Gasteiger partial charge is 0.507 e. The van der Waals surface area contributed by atoms with Crippen LogP contribution in [0, 0.1) is 13.8 Å². The Morgan fingerprint density at radius 1 is 1.12 bits per heavy atom. The molecule has 4 aromatic rings. The van der Waals surface area contributed by atoms with Crippen LogP contribution in [0.25, 0.3) is 22.6 Å². The summed E-state index contributed by atoms with van der Waals surface area (Å²) in [6.45, 7) is 6.60. The maximum Gasteiger partial charge on any atom is 0.257 e. The third-order valence-corrected chi connectivity index (χ3v) is 5.33. The van der Waals surface area contributed by atoms with Crippen molar-refractivity contribution in [1.29, 1.82) is 0 Å². The molecule has 174 valence electrons. The van der Waals surface area contributed by atoms with Gasteiger partial charge in [-0.1, -0.05) is 13.0 Å². The van der Waals surface area contributed by atoms with Gasteiger partial charge in [0.25, 0.3) is 5.91 Å². The topological polar surface area (TPSA) is 96.6 Å². The number of phenols is 1. The van der Waals surface area contributed by atoms with Gasteiger partial charge in [-0.25, -0.2) is 4.98 Å². The van der Waals surface area contributed by atoms with Gasteiger partial charge in [-0.05, 0) is 92.1 Å². The van der Waals surface area contributed by atoms with Crippen LogP contribution in [-0.4, -0.2) is 27.7 Å². The van der Waals surface area contributed by atoms with Gasteiger partial charge in [0.05, 0.1) is 12.2 Å². The standard InChI is InChI=1S/C26H25N3O4S/c1-4-11-32-19-8-5-17(6-9-19)24(31)29-26(34)27-18-7-10-22(30)20(14-18)25-28-21-13-15(2)12-16(3)23(21)33-25/h5-10,12-14,30H,4,11H2,1-3H3,(H2,27,29,31,34). The fraction of sp³-hybridized carbons (Fsp3) is 0.192. The first kappa shape index (κ1) is 23.3. The highest BCUT2D eigenvalue weighted by molar-refractivity contribution is 7.80. The number of aromatic hydroxyl groups is 1. The van der Waals surface area contributed by atoms with Crippen LogP contribution >= 0.6 is 12.2 Å². The molecule has 7 nitrogen and oxygen atoms in total. The number of nitrogens with one attached hydrogen (secondary N) is 2. The lowest BCUT2D eigenvalue weighted by molar-refractivity contribution is 0.0977. The zero-order valence-corrected chi connectivity index (χ0v) is 20.0. The molecule has 0 atom stereocenters. The van der Waals surface area contributed by atoms with Crippen LogP contribution in [0.5, 0.6) is 11.5 Å². The number of fused-ring (bicyclic) bond motifs is 1. The van der Waals surface area contributed by atoms with Crippen LogP contribution in [0.4, 0.5) is 5.69 Å². The van der Waals surface area contributed by atoms with Crippen molar-refractivity contribution in [3.05, 3.63) is 71.3 Å². The van der Waals surface area contributed by atoms with E-state index in [-0.39, 0.29) is 16.8 Å². The molecule has 0 unspecified atom stereocenters. The van der Waals surface area contributed by atoms with Gasteiger partial charge < -0.3 is 19.6 Å². The monoisotopic (exact) mass is 475 g/mol. The molecule has 0 radical (unpaired) electrons. The van der Waals surface area contributed by atoms with Crippen molar-refractivity contribution >= 4 is 40.0 Å². The van der Waals surface area contributed by atoms with Crippen LogP contribution in [0.1, 0.15) is 34.8 Å². The third kappa shape index (κ3) is 5.18. The molecule has 0 aliphatic rings. The van der Waals surface area contributed by atoms with Crippen LogP contribution in [0.15, 0.2) is 59.0 Å². The molecule has 0 bridgehead atoms. The molecule has 0 fully saturated rings. The summed E-state index contributed by atoms with van der Waals surface area (Å²) in [7, 11) is 0. The van der Waals surface area contributed by atoms with Crippen molar-refractivity contribution in [2.75, 3.05) is 11.9 Å². The number of anilines is 1. The minimum atomic E-state index is -0.344. The summed E-state index contributed by atoms with van der Waals surface area (Å²) in [4.78, 5) is 17.1. The number of carbonyl (C=O) groups excluding carboxylic acids is 1. The molecule has 34 heavy (non-hydrogen) atoms. The molecule has 1 amide bonds. The van der Waals surface area contributed by atoms with Gasteiger partial charge in [0.1, 0.15) is 17.0 Å². The number of aromatic nitrogens is 1. The number of benzene rings is 3. The van der Waals surface area contributed by atoms with Crippen LogP contribution in [-0.2, 0) is 0 Å². The van der Waals surface area contributed by atoms with Gasteiger partial charge in [-0.2, -0.15) is 0 Å². The normalized spacial score (nSPS) is 10.8.